The predicted octanol–water partition coefficient (Wildman–Crippen LogP) is 0.279. The van der Waals surface area contributed by atoms with Crippen LogP contribution in [0.2, 0.25) is 0 Å². The first kappa shape index (κ1) is 12.1. The van der Waals surface area contributed by atoms with E-state index in [0.717, 1.165) is 11.3 Å². The van der Waals surface area contributed by atoms with Crippen LogP contribution >= 0.6 is 11.3 Å². The standard InChI is InChI=1S/C8H10N2O3S2/c1-6(5-11)10-15(12,13)8-3-2-7(4-9)14-8/h2-3,6,10-11H,5H2,1H3/t6-/m0/s1. The lowest BCUT2D eigenvalue weighted by Gasteiger charge is -2.09. The molecule has 82 valence electrons. The van der Waals surface area contributed by atoms with E-state index in [1.807, 2.05) is 6.07 Å². The van der Waals surface area contributed by atoms with Crippen LogP contribution in [0.1, 0.15) is 11.8 Å². The van der Waals surface area contributed by atoms with Crippen molar-refractivity contribution in [1.29, 1.82) is 5.26 Å². The number of thiophene rings is 1. The fourth-order valence-corrected chi connectivity index (χ4v) is 3.24. The Bertz CT molecular complexity index is 472. The molecule has 1 aromatic heterocycles. The molecule has 0 spiro atoms. The van der Waals surface area contributed by atoms with Gasteiger partial charge in [-0.15, -0.1) is 11.3 Å². The summed E-state index contributed by atoms with van der Waals surface area (Å²) in [6.45, 7) is 1.28. The summed E-state index contributed by atoms with van der Waals surface area (Å²) in [6.07, 6.45) is 0. The zero-order chi connectivity index (χ0) is 11.5. The highest BCUT2D eigenvalue weighted by atomic mass is 32.2. The number of nitriles is 1. The summed E-state index contributed by atoms with van der Waals surface area (Å²) in [5.74, 6) is 0. The van der Waals surface area contributed by atoms with Crippen LogP contribution in [0.3, 0.4) is 0 Å². The Morgan fingerprint density at radius 3 is 2.80 bits per heavy atom. The molecule has 1 rings (SSSR count). The molecule has 0 aliphatic carbocycles. The number of sulfonamides is 1. The second-order valence-corrected chi connectivity index (χ2v) is 5.96. The van der Waals surface area contributed by atoms with Crippen LogP contribution in [0, 0.1) is 11.3 Å². The molecule has 0 fully saturated rings. The van der Waals surface area contributed by atoms with Crippen LogP contribution in [0.4, 0.5) is 0 Å². The van der Waals surface area contributed by atoms with Crippen LogP contribution in [0.15, 0.2) is 16.3 Å². The van der Waals surface area contributed by atoms with E-state index in [1.54, 1.807) is 6.92 Å². The SMILES string of the molecule is C[C@@H](CO)NS(=O)(=O)c1ccc(C#N)s1. The largest absolute Gasteiger partial charge is 0.395 e. The Kier molecular flexibility index (Phi) is 3.82. The van der Waals surface area contributed by atoms with Gasteiger partial charge in [0.2, 0.25) is 10.0 Å². The second kappa shape index (κ2) is 4.72. The monoisotopic (exact) mass is 246 g/mol. The third-order valence-corrected chi connectivity index (χ3v) is 4.66. The fourth-order valence-electron chi connectivity index (χ4n) is 0.885. The summed E-state index contributed by atoms with van der Waals surface area (Å²) in [4.78, 5) is 0.340. The van der Waals surface area contributed by atoms with Crippen LogP contribution in [0.25, 0.3) is 0 Å². The Morgan fingerprint density at radius 2 is 2.33 bits per heavy atom. The Hall–Kier alpha value is -0.940. The van der Waals surface area contributed by atoms with Gasteiger partial charge in [-0.25, -0.2) is 13.1 Å². The number of aliphatic hydroxyl groups is 1. The minimum absolute atomic E-state index is 0.0827. The van der Waals surface area contributed by atoms with Crippen molar-refractivity contribution in [1.82, 2.24) is 4.72 Å². The summed E-state index contributed by atoms with van der Waals surface area (Å²) in [5.41, 5.74) is 0. The Morgan fingerprint density at radius 1 is 1.67 bits per heavy atom. The first-order chi connectivity index (χ1) is 6.99. The summed E-state index contributed by atoms with van der Waals surface area (Å²) in [7, 11) is -3.60. The highest BCUT2D eigenvalue weighted by molar-refractivity contribution is 7.91. The van der Waals surface area contributed by atoms with Crippen molar-refractivity contribution in [2.45, 2.75) is 17.2 Å². The molecule has 0 saturated carbocycles. The molecule has 0 radical (unpaired) electrons. The zero-order valence-corrected chi connectivity index (χ0v) is 9.60. The molecule has 15 heavy (non-hydrogen) atoms. The van der Waals surface area contributed by atoms with Crippen LogP contribution in [0.5, 0.6) is 0 Å². The molecule has 2 N–H and O–H groups in total. The quantitative estimate of drug-likeness (QED) is 0.798. The van der Waals surface area contributed by atoms with Gasteiger partial charge in [0.15, 0.2) is 0 Å². The second-order valence-electron chi connectivity index (χ2n) is 2.94. The third-order valence-electron chi connectivity index (χ3n) is 1.59. The van der Waals surface area contributed by atoms with Crippen LogP contribution < -0.4 is 4.72 Å². The summed E-state index contributed by atoms with van der Waals surface area (Å²) >= 11 is 0.899. The molecule has 7 heteroatoms. The zero-order valence-electron chi connectivity index (χ0n) is 7.97. The van der Waals surface area contributed by atoms with E-state index < -0.39 is 16.1 Å². The highest BCUT2D eigenvalue weighted by Gasteiger charge is 2.18. The molecule has 0 aromatic carbocycles. The van der Waals surface area contributed by atoms with Crippen molar-refractivity contribution in [3.05, 3.63) is 17.0 Å². The molecule has 1 aromatic rings. The minimum Gasteiger partial charge on any atom is -0.395 e. The number of hydrogen-bond acceptors (Lipinski definition) is 5. The van der Waals surface area contributed by atoms with E-state index in [2.05, 4.69) is 4.72 Å². The van der Waals surface area contributed by atoms with Gasteiger partial charge in [0.05, 0.1) is 6.61 Å². The average Bonchev–Trinajstić information content (AvgIpc) is 2.65. The molecular weight excluding hydrogens is 236 g/mol. The van der Waals surface area contributed by atoms with E-state index in [4.69, 9.17) is 10.4 Å². The van der Waals surface area contributed by atoms with E-state index in [-0.39, 0.29) is 10.8 Å². The molecule has 1 heterocycles. The highest BCUT2D eigenvalue weighted by Crippen LogP contribution is 2.20. The number of hydrogen-bond donors (Lipinski definition) is 2. The summed E-state index contributed by atoms with van der Waals surface area (Å²) in [6, 6.07) is 4.14. The topological polar surface area (TPSA) is 90.2 Å². The van der Waals surface area contributed by atoms with Crippen molar-refractivity contribution in [2.24, 2.45) is 0 Å². The molecular formula is C8H10N2O3S2. The summed E-state index contributed by atoms with van der Waals surface area (Å²) < 4.78 is 25.6. The van der Waals surface area contributed by atoms with Gasteiger partial charge >= 0.3 is 0 Å². The maximum atomic E-state index is 11.6. The fraction of sp³-hybridized carbons (Fsp3) is 0.375. The Labute approximate surface area is 92.0 Å². The van der Waals surface area contributed by atoms with E-state index in [0.29, 0.717) is 4.88 Å². The van der Waals surface area contributed by atoms with Crippen molar-refractivity contribution in [3.63, 3.8) is 0 Å². The predicted molar refractivity (Wildman–Crippen MR) is 55.9 cm³/mol. The molecule has 1 atom stereocenters. The smallest absolute Gasteiger partial charge is 0.250 e. The summed E-state index contributed by atoms with van der Waals surface area (Å²) in [5, 5.41) is 17.3. The normalized spacial score (nSPS) is 13.4. The van der Waals surface area contributed by atoms with E-state index in [1.165, 1.54) is 12.1 Å². The van der Waals surface area contributed by atoms with Gasteiger partial charge in [0.25, 0.3) is 0 Å². The number of nitrogens with one attached hydrogen (secondary N) is 1. The number of aliphatic hydroxyl groups excluding tert-OH is 1. The van der Waals surface area contributed by atoms with Crippen molar-refractivity contribution in [3.8, 4) is 6.07 Å². The lowest BCUT2D eigenvalue weighted by molar-refractivity contribution is 0.265. The van der Waals surface area contributed by atoms with Crippen LogP contribution in [-0.2, 0) is 10.0 Å². The molecule has 5 nitrogen and oxygen atoms in total. The average molecular weight is 246 g/mol. The first-order valence-corrected chi connectivity index (χ1v) is 6.42. The lowest BCUT2D eigenvalue weighted by atomic mass is 10.4. The van der Waals surface area contributed by atoms with Gasteiger partial charge in [-0.1, -0.05) is 0 Å². The van der Waals surface area contributed by atoms with Gasteiger partial charge < -0.3 is 5.11 Å². The molecule has 0 aliphatic heterocycles. The lowest BCUT2D eigenvalue weighted by Crippen LogP contribution is -2.34. The molecule has 0 aliphatic rings. The van der Waals surface area contributed by atoms with Gasteiger partial charge in [-0.2, -0.15) is 5.26 Å². The van der Waals surface area contributed by atoms with Crippen LogP contribution in [-0.4, -0.2) is 26.2 Å². The first-order valence-electron chi connectivity index (χ1n) is 4.12. The molecule has 0 unspecified atom stereocenters. The van der Waals surface area contributed by atoms with Gasteiger partial charge in [-0.3, -0.25) is 0 Å². The third kappa shape index (κ3) is 3.00. The maximum absolute atomic E-state index is 11.6. The minimum atomic E-state index is -3.60. The van der Waals surface area contributed by atoms with Gasteiger partial charge in [0.1, 0.15) is 15.2 Å². The van der Waals surface area contributed by atoms with Gasteiger partial charge in [-0.05, 0) is 19.1 Å². The molecule has 0 amide bonds. The van der Waals surface area contributed by atoms with E-state index >= 15 is 0 Å². The Balaban J connectivity index is 2.92. The molecule has 0 saturated heterocycles. The maximum Gasteiger partial charge on any atom is 0.250 e. The van der Waals surface area contributed by atoms with Crippen molar-refractivity contribution >= 4 is 21.4 Å². The number of nitrogens with zero attached hydrogens (tertiary/aromatic N) is 1. The van der Waals surface area contributed by atoms with Crippen molar-refractivity contribution < 1.29 is 13.5 Å². The van der Waals surface area contributed by atoms with Crippen molar-refractivity contribution in [2.75, 3.05) is 6.61 Å². The molecule has 0 bridgehead atoms. The van der Waals surface area contributed by atoms with E-state index in [9.17, 15) is 8.42 Å². The van der Waals surface area contributed by atoms with Gasteiger partial charge in [0, 0.05) is 6.04 Å². The number of rotatable bonds is 4.